The molecule has 2 aromatic rings. The molecule has 0 bridgehead atoms. The molecule has 2 aliphatic carbocycles. The zero-order valence-corrected chi connectivity index (χ0v) is 21.3. The average Bonchev–Trinajstić information content (AvgIpc) is 3.16. The zero-order valence-electron chi connectivity index (χ0n) is 21.3. The van der Waals surface area contributed by atoms with Crippen molar-refractivity contribution in [3.63, 3.8) is 0 Å². The van der Waals surface area contributed by atoms with Gasteiger partial charge in [0.2, 0.25) is 0 Å². The van der Waals surface area contributed by atoms with Crippen molar-refractivity contribution in [1.82, 2.24) is 0 Å². The first-order valence-electron chi connectivity index (χ1n) is 11.9. The summed E-state index contributed by atoms with van der Waals surface area (Å²) in [6.07, 6.45) is 3.56. The molecule has 0 heteroatoms. The number of hydrogen-bond acceptors (Lipinski definition) is 0. The predicted octanol–water partition coefficient (Wildman–Crippen LogP) is 9.09. The minimum absolute atomic E-state index is 0.152. The number of benzene rings is 2. The maximum Gasteiger partial charge on any atom is 0.0320 e. The second kappa shape index (κ2) is 6.96. The lowest BCUT2D eigenvalue weighted by molar-refractivity contribution is 0.492. The van der Waals surface area contributed by atoms with Gasteiger partial charge in [0.25, 0.3) is 0 Å². The van der Waals surface area contributed by atoms with E-state index in [1.54, 1.807) is 11.1 Å². The van der Waals surface area contributed by atoms with Crippen molar-refractivity contribution in [2.75, 3.05) is 0 Å². The van der Waals surface area contributed by atoms with Gasteiger partial charge in [-0.1, -0.05) is 122 Å². The number of rotatable bonds is 1. The van der Waals surface area contributed by atoms with E-state index in [9.17, 15) is 0 Å². The molecule has 0 radical (unpaired) electrons. The summed E-state index contributed by atoms with van der Waals surface area (Å²) >= 11 is 0. The maximum atomic E-state index is 2.51. The minimum Gasteiger partial charge on any atom is -0.0605 e. The van der Waals surface area contributed by atoms with Crippen LogP contribution in [0.1, 0.15) is 104 Å². The normalized spacial score (nSPS) is 17.2. The second-order valence-corrected chi connectivity index (χ2v) is 12.8. The van der Waals surface area contributed by atoms with Crippen LogP contribution in [0.15, 0.2) is 59.2 Å². The van der Waals surface area contributed by atoms with E-state index in [0.717, 1.165) is 6.42 Å². The summed E-state index contributed by atoms with van der Waals surface area (Å²) in [5.74, 6) is 0.366. The molecule has 0 spiro atoms. The van der Waals surface area contributed by atoms with Gasteiger partial charge in [-0.3, -0.25) is 0 Å². The molecule has 0 aromatic heterocycles. The van der Waals surface area contributed by atoms with E-state index in [-0.39, 0.29) is 16.2 Å². The summed E-state index contributed by atoms with van der Waals surface area (Å²) in [6, 6.07) is 14.5. The molecule has 0 saturated carbocycles. The highest BCUT2D eigenvalue weighted by atomic mass is 14.4. The topological polar surface area (TPSA) is 0 Å². The molecule has 0 amide bonds. The van der Waals surface area contributed by atoms with Crippen molar-refractivity contribution in [2.24, 2.45) is 5.41 Å². The van der Waals surface area contributed by atoms with Gasteiger partial charge in [-0.15, -0.1) is 0 Å². The van der Waals surface area contributed by atoms with Gasteiger partial charge in [-0.05, 0) is 63.0 Å². The van der Waals surface area contributed by atoms with Gasteiger partial charge in [0.15, 0.2) is 0 Å². The molecule has 0 unspecified atom stereocenters. The number of allylic oxidation sites excluding steroid dienone is 4. The average molecular weight is 413 g/mol. The molecular weight excluding hydrogens is 372 g/mol. The van der Waals surface area contributed by atoms with Crippen LogP contribution in [-0.4, -0.2) is 0 Å². The van der Waals surface area contributed by atoms with Gasteiger partial charge in [0, 0.05) is 5.92 Å². The lowest BCUT2D eigenvalue weighted by atomic mass is 9.78. The Morgan fingerprint density at radius 3 is 1.45 bits per heavy atom. The molecule has 0 atom stereocenters. The van der Waals surface area contributed by atoms with Crippen LogP contribution < -0.4 is 0 Å². The van der Waals surface area contributed by atoms with Gasteiger partial charge >= 0.3 is 0 Å². The third-order valence-electron chi connectivity index (χ3n) is 7.34. The Morgan fingerprint density at radius 2 is 1.10 bits per heavy atom. The molecule has 0 heterocycles. The zero-order chi connectivity index (χ0) is 22.9. The van der Waals surface area contributed by atoms with Crippen LogP contribution in [0.3, 0.4) is 0 Å². The van der Waals surface area contributed by atoms with Crippen molar-refractivity contribution in [2.45, 2.75) is 92.4 Å². The Balaban J connectivity index is 1.92. The van der Waals surface area contributed by atoms with E-state index < -0.39 is 0 Å². The van der Waals surface area contributed by atoms with E-state index in [2.05, 4.69) is 112 Å². The molecule has 2 aromatic carbocycles. The van der Waals surface area contributed by atoms with Crippen molar-refractivity contribution in [3.8, 4) is 11.1 Å². The monoisotopic (exact) mass is 412 g/mol. The third kappa shape index (κ3) is 3.84. The number of fused-ring (bicyclic) bond motifs is 3. The van der Waals surface area contributed by atoms with Gasteiger partial charge < -0.3 is 0 Å². The second-order valence-electron chi connectivity index (χ2n) is 12.8. The van der Waals surface area contributed by atoms with Gasteiger partial charge in [0.1, 0.15) is 0 Å². The number of hydrogen-bond donors (Lipinski definition) is 0. The summed E-state index contributed by atoms with van der Waals surface area (Å²) in [4.78, 5) is 0. The fourth-order valence-electron chi connectivity index (χ4n) is 5.13. The smallest absolute Gasteiger partial charge is 0.0320 e. The van der Waals surface area contributed by atoms with E-state index >= 15 is 0 Å². The SMILES string of the molecule is CC1=C(C2c3cc(C(C)(C)C)ccc3-c3ccc(C(C)(C)C)cc32)CC(C(C)(C)C)=C1. The molecule has 31 heavy (non-hydrogen) atoms. The van der Waals surface area contributed by atoms with Crippen LogP contribution >= 0.6 is 0 Å². The molecule has 0 N–H and O–H groups in total. The van der Waals surface area contributed by atoms with Crippen LogP contribution in [0.25, 0.3) is 11.1 Å². The van der Waals surface area contributed by atoms with Crippen LogP contribution in [0.5, 0.6) is 0 Å². The fraction of sp³-hybridized carbons (Fsp3) is 0.484. The van der Waals surface area contributed by atoms with Crippen LogP contribution in [0, 0.1) is 5.41 Å². The molecule has 0 saturated heterocycles. The Kier molecular flexibility index (Phi) is 4.97. The lowest BCUT2D eigenvalue weighted by Gasteiger charge is -2.26. The molecule has 4 rings (SSSR count). The summed E-state index contributed by atoms with van der Waals surface area (Å²) in [7, 11) is 0. The largest absolute Gasteiger partial charge is 0.0605 e. The summed E-state index contributed by atoms with van der Waals surface area (Å²) in [5.41, 5.74) is 13.9. The molecular formula is C31H40. The van der Waals surface area contributed by atoms with Crippen molar-refractivity contribution < 1.29 is 0 Å². The van der Waals surface area contributed by atoms with E-state index in [1.807, 2.05) is 0 Å². The van der Waals surface area contributed by atoms with Crippen LogP contribution in [0.2, 0.25) is 0 Å². The predicted molar refractivity (Wildman–Crippen MR) is 136 cm³/mol. The summed E-state index contributed by atoms with van der Waals surface area (Å²) < 4.78 is 0. The molecule has 0 aliphatic heterocycles. The van der Waals surface area contributed by atoms with E-state index in [1.165, 1.54) is 39.0 Å². The molecule has 0 nitrogen and oxygen atoms in total. The third-order valence-corrected chi connectivity index (χ3v) is 7.34. The highest BCUT2D eigenvalue weighted by Crippen LogP contribution is 2.54. The quantitative estimate of drug-likeness (QED) is 0.438. The Hall–Kier alpha value is -2.08. The lowest BCUT2D eigenvalue weighted by Crippen LogP contribution is -2.13. The standard InChI is InChI=1S/C31H40/c1-19-15-22(31(8,9)10)18-25(19)28-26-16-20(29(2,3)4)11-13-23(26)24-14-12-21(17-27(24)28)30(5,6)7/h11-17,28H,18H2,1-10H3. The fourth-order valence-corrected chi connectivity index (χ4v) is 5.13. The Morgan fingerprint density at radius 1 is 0.645 bits per heavy atom. The minimum atomic E-state index is 0.152. The van der Waals surface area contributed by atoms with Crippen molar-refractivity contribution >= 4 is 0 Å². The first-order chi connectivity index (χ1) is 14.2. The van der Waals surface area contributed by atoms with Crippen molar-refractivity contribution in [3.05, 3.63) is 81.4 Å². The van der Waals surface area contributed by atoms with Gasteiger partial charge in [-0.2, -0.15) is 0 Å². The summed E-state index contributed by atoms with van der Waals surface area (Å²) in [5, 5.41) is 0. The van der Waals surface area contributed by atoms with Crippen LogP contribution in [-0.2, 0) is 10.8 Å². The molecule has 2 aliphatic rings. The van der Waals surface area contributed by atoms with E-state index in [4.69, 9.17) is 0 Å². The first-order valence-corrected chi connectivity index (χ1v) is 11.9. The highest BCUT2D eigenvalue weighted by Gasteiger charge is 2.36. The first kappa shape index (κ1) is 22.1. The Bertz CT molecular complexity index is 1030. The highest BCUT2D eigenvalue weighted by molar-refractivity contribution is 5.82. The maximum absolute atomic E-state index is 2.51. The van der Waals surface area contributed by atoms with Crippen LogP contribution in [0.4, 0.5) is 0 Å². The van der Waals surface area contributed by atoms with Gasteiger partial charge in [-0.25, -0.2) is 0 Å². The van der Waals surface area contributed by atoms with Crippen molar-refractivity contribution in [1.29, 1.82) is 0 Å². The summed E-state index contributed by atoms with van der Waals surface area (Å²) in [6.45, 7) is 23.3. The molecule has 0 fully saturated rings. The van der Waals surface area contributed by atoms with E-state index in [0.29, 0.717) is 5.92 Å². The molecule has 164 valence electrons. The Labute approximate surface area is 190 Å². The van der Waals surface area contributed by atoms with Gasteiger partial charge in [0.05, 0.1) is 0 Å².